The first-order valence-corrected chi connectivity index (χ1v) is 8.08. The lowest BCUT2D eigenvalue weighted by molar-refractivity contribution is -0.147. The number of benzene rings is 1. The molecule has 2 aromatic rings. The van der Waals surface area contributed by atoms with Crippen LogP contribution in [0.4, 0.5) is 0 Å². The average molecular weight is 347 g/mol. The van der Waals surface area contributed by atoms with Gasteiger partial charge in [0.1, 0.15) is 0 Å². The quantitative estimate of drug-likeness (QED) is 0.774. The van der Waals surface area contributed by atoms with Crippen molar-refractivity contribution in [3.8, 4) is 0 Å². The van der Waals surface area contributed by atoms with Crippen LogP contribution in [0.2, 0.25) is 0 Å². The van der Waals surface area contributed by atoms with E-state index < -0.39 is 11.9 Å². The van der Waals surface area contributed by atoms with Crippen LogP contribution in [0.25, 0.3) is 0 Å². The fourth-order valence-electron chi connectivity index (χ4n) is 1.88. The largest absolute Gasteiger partial charge is 0.465 e. The molecule has 1 N–H and O–H groups in total. The number of ether oxygens (including phenoxy) is 2. The Balaban J connectivity index is 1.71. The molecule has 0 aliphatic rings. The Hall–Kier alpha value is -2.67. The molecule has 0 bridgehead atoms. The molecule has 1 amide bonds. The number of thiophene rings is 1. The highest BCUT2D eigenvalue weighted by Gasteiger charge is 2.09. The third-order valence-electron chi connectivity index (χ3n) is 3.13. The summed E-state index contributed by atoms with van der Waals surface area (Å²) in [5.41, 5.74) is 1.26. The summed E-state index contributed by atoms with van der Waals surface area (Å²) < 4.78 is 9.53. The van der Waals surface area contributed by atoms with E-state index >= 15 is 0 Å². The zero-order valence-corrected chi connectivity index (χ0v) is 13.9. The van der Waals surface area contributed by atoms with E-state index in [0.29, 0.717) is 5.56 Å². The molecule has 126 valence electrons. The lowest BCUT2D eigenvalue weighted by atomic mass is 10.1. The van der Waals surface area contributed by atoms with Crippen LogP contribution < -0.4 is 5.32 Å². The van der Waals surface area contributed by atoms with Crippen molar-refractivity contribution in [1.29, 1.82) is 0 Å². The zero-order valence-electron chi connectivity index (χ0n) is 13.1. The first kappa shape index (κ1) is 17.7. The van der Waals surface area contributed by atoms with Crippen LogP contribution in [0, 0.1) is 0 Å². The monoisotopic (exact) mass is 347 g/mol. The van der Waals surface area contributed by atoms with E-state index in [1.807, 2.05) is 17.5 Å². The van der Waals surface area contributed by atoms with E-state index in [0.717, 1.165) is 10.4 Å². The van der Waals surface area contributed by atoms with Crippen LogP contribution in [0.15, 0.2) is 41.8 Å². The van der Waals surface area contributed by atoms with Crippen LogP contribution in [0.3, 0.4) is 0 Å². The molecule has 0 atom stereocenters. The summed E-state index contributed by atoms with van der Waals surface area (Å²) in [4.78, 5) is 35.5. The maximum atomic E-state index is 11.7. The molecule has 2 rings (SSSR count). The van der Waals surface area contributed by atoms with Crippen LogP contribution >= 0.6 is 11.3 Å². The summed E-state index contributed by atoms with van der Waals surface area (Å²) in [6.45, 7) is -0.0345. The lowest BCUT2D eigenvalue weighted by Gasteiger charge is -2.07. The van der Waals surface area contributed by atoms with Crippen molar-refractivity contribution in [3.63, 3.8) is 0 Å². The van der Waals surface area contributed by atoms with Crippen LogP contribution in [-0.2, 0) is 32.0 Å². The van der Waals surface area contributed by atoms with E-state index in [9.17, 15) is 14.4 Å². The van der Waals surface area contributed by atoms with Crippen molar-refractivity contribution in [2.24, 2.45) is 0 Å². The molecule has 0 saturated heterocycles. The minimum absolute atomic E-state index is 0.167. The van der Waals surface area contributed by atoms with Crippen molar-refractivity contribution < 1.29 is 23.9 Å². The second-order valence-corrected chi connectivity index (χ2v) is 5.91. The third kappa shape index (κ3) is 5.51. The predicted octanol–water partition coefficient (Wildman–Crippen LogP) is 1.94. The van der Waals surface area contributed by atoms with Crippen molar-refractivity contribution >= 4 is 29.2 Å². The molecule has 1 aromatic heterocycles. The van der Waals surface area contributed by atoms with Crippen LogP contribution in [0.1, 0.15) is 20.8 Å². The van der Waals surface area contributed by atoms with Crippen LogP contribution in [0.5, 0.6) is 0 Å². The second kappa shape index (κ2) is 8.83. The summed E-state index contributed by atoms with van der Waals surface area (Å²) in [5, 5.41) is 4.52. The standard InChI is InChI=1S/C17H17NO5S/c1-22-17(21)13-6-4-12(5-7-13)10-18-15(19)11-23-16(20)9-14-3-2-8-24-14/h2-8H,9-11H2,1H3,(H,18,19). The Morgan fingerprint density at radius 3 is 2.50 bits per heavy atom. The average Bonchev–Trinajstić information content (AvgIpc) is 3.10. The van der Waals surface area contributed by atoms with Crippen LogP contribution in [-0.4, -0.2) is 31.6 Å². The highest BCUT2D eigenvalue weighted by molar-refractivity contribution is 7.10. The molecule has 0 radical (unpaired) electrons. The van der Waals surface area contributed by atoms with Crippen molar-refractivity contribution in [2.45, 2.75) is 13.0 Å². The van der Waals surface area contributed by atoms with Gasteiger partial charge in [-0.15, -0.1) is 11.3 Å². The first-order chi connectivity index (χ1) is 11.6. The summed E-state index contributed by atoms with van der Waals surface area (Å²) in [5.74, 6) is -1.23. The number of amides is 1. The number of carbonyl (C=O) groups excluding carboxylic acids is 3. The molecule has 0 fully saturated rings. The SMILES string of the molecule is COC(=O)c1ccc(CNC(=O)COC(=O)Cc2cccs2)cc1. The topological polar surface area (TPSA) is 81.7 Å². The Morgan fingerprint density at radius 2 is 1.88 bits per heavy atom. The molecule has 6 nitrogen and oxygen atoms in total. The fraction of sp³-hybridized carbons (Fsp3) is 0.235. The Morgan fingerprint density at radius 1 is 1.12 bits per heavy atom. The van der Waals surface area contributed by atoms with Gasteiger partial charge in [-0.2, -0.15) is 0 Å². The molecule has 0 unspecified atom stereocenters. The number of rotatable bonds is 7. The van der Waals surface area contributed by atoms with E-state index in [4.69, 9.17) is 4.74 Å². The molecule has 0 aliphatic carbocycles. The molecule has 7 heteroatoms. The molecule has 24 heavy (non-hydrogen) atoms. The van der Waals surface area contributed by atoms with E-state index in [1.165, 1.54) is 18.4 Å². The molecule has 1 heterocycles. The van der Waals surface area contributed by atoms with Gasteiger partial charge >= 0.3 is 11.9 Å². The maximum absolute atomic E-state index is 11.7. The van der Waals surface area contributed by atoms with Gasteiger partial charge in [0, 0.05) is 11.4 Å². The molecule has 0 saturated carbocycles. The lowest BCUT2D eigenvalue weighted by Crippen LogP contribution is -2.28. The van der Waals surface area contributed by atoms with Gasteiger partial charge in [-0.05, 0) is 29.1 Å². The van der Waals surface area contributed by atoms with E-state index in [1.54, 1.807) is 24.3 Å². The molecule has 1 aromatic carbocycles. The van der Waals surface area contributed by atoms with E-state index in [-0.39, 0.29) is 25.5 Å². The zero-order chi connectivity index (χ0) is 17.4. The Kier molecular flexibility index (Phi) is 6.51. The second-order valence-electron chi connectivity index (χ2n) is 4.88. The van der Waals surface area contributed by atoms with Gasteiger partial charge in [0.15, 0.2) is 6.61 Å². The predicted molar refractivity (Wildman–Crippen MR) is 88.6 cm³/mol. The highest BCUT2D eigenvalue weighted by atomic mass is 32.1. The molecular formula is C17H17NO5S. The Labute approximate surface area is 143 Å². The number of methoxy groups -OCH3 is 1. The summed E-state index contributed by atoms with van der Waals surface area (Å²) in [6.07, 6.45) is 0.167. The van der Waals surface area contributed by atoms with Crippen molar-refractivity contribution in [1.82, 2.24) is 5.32 Å². The number of carbonyl (C=O) groups is 3. The summed E-state index contributed by atoms with van der Waals surface area (Å²) in [6, 6.07) is 10.4. The first-order valence-electron chi connectivity index (χ1n) is 7.20. The van der Waals surface area contributed by atoms with Gasteiger partial charge in [-0.25, -0.2) is 4.79 Å². The number of nitrogens with one attached hydrogen (secondary N) is 1. The number of hydrogen-bond donors (Lipinski definition) is 1. The van der Waals surface area contributed by atoms with Gasteiger partial charge in [-0.1, -0.05) is 18.2 Å². The molecule has 0 spiro atoms. The van der Waals surface area contributed by atoms with E-state index in [2.05, 4.69) is 10.1 Å². The van der Waals surface area contributed by atoms with Gasteiger partial charge < -0.3 is 14.8 Å². The fourth-order valence-corrected chi connectivity index (χ4v) is 2.57. The minimum Gasteiger partial charge on any atom is -0.465 e. The minimum atomic E-state index is -0.435. The normalized spacial score (nSPS) is 10.0. The smallest absolute Gasteiger partial charge is 0.337 e. The van der Waals surface area contributed by atoms with Gasteiger partial charge in [0.2, 0.25) is 0 Å². The summed E-state index contributed by atoms with van der Waals surface area (Å²) in [7, 11) is 1.32. The highest BCUT2D eigenvalue weighted by Crippen LogP contribution is 2.09. The van der Waals surface area contributed by atoms with Gasteiger partial charge in [0.25, 0.3) is 5.91 Å². The number of esters is 2. The molecule has 0 aliphatic heterocycles. The van der Waals surface area contributed by atoms with Crippen molar-refractivity contribution in [2.75, 3.05) is 13.7 Å². The maximum Gasteiger partial charge on any atom is 0.337 e. The van der Waals surface area contributed by atoms with Crippen molar-refractivity contribution in [3.05, 3.63) is 57.8 Å². The summed E-state index contributed by atoms with van der Waals surface area (Å²) >= 11 is 1.46. The van der Waals surface area contributed by atoms with Gasteiger partial charge in [0.05, 0.1) is 19.1 Å². The number of hydrogen-bond acceptors (Lipinski definition) is 6. The molecular weight excluding hydrogens is 330 g/mol. The van der Waals surface area contributed by atoms with Gasteiger partial charge in [-0.3, -0.25) is 9.59 Å². The Bertz CT molecular complexity index is 694. The third-order valence-corrected chi connectivity index (χ3v) is 4.00.